The molecule has 6 heteroatoms. The van der Waals surface area contributed by atoms with Crippen LogP contribution in [0.25, 0.3) is 0 Å². The van der Waals surface area contributed by atoms with Crippen LogP contribution in [0.2, 0.25) is 10.0 Å². The summed E-state index contributed by atoms with van der Waals surface area (Å²) in [7, 11) is 0. The molecule has 114 valence electrons. The Labute approximate surface area is 142 Å². The van der Waals surface area contributed by atoms with Gasteiger partial charge < -0.3 is 4.90 Å². The van der Waals surface area contributed by atoms with Crippen LogP contribution in [0.4, 0.5) is 4.39 Å². The Morgan fingerprint density at radius 1 is 1.18 bits per heavy atom. The van der Waals surface area contributed by atoms with Gasteiger partial charge in [0.25, 0.3) is 5.91 Å². The van der Waals surface area contributed by atoms with E-state index in [1.165, 1.54) is 24.3 Å². The molecule has 0 saturated carbocycles. The molecular formula is C16H12Cl2FNOS. The maximum absolute atomic E-state index is 13.0. The molecule has 3 rings (SSSR count). The van der Waals surface area contributed by atoms with Crippen LogP contribution in [0.1, 0.15) is 21.3 Å². The number of benzene rings is 2. The Balaban J connectivity index is 1.91. The molecule has 1 heterocycles. The molecule has 1 unspecified atom stereocenters. The molecule has 1 aliphatic rings. The van der Waals surface area contributed by atoms with Crippen molar-refractivity contribution in [2.24, 2.45) is 0 Å². The van der Waals surface area contributed by atoms with Gasteiger partial charge in [-0.3, -0.25) is 4.79 Å². The third-order valence-corrected chi connectivity index (χ3v) is 5.57. The standard InChI is InChI=1S/C16H12Cl2FNOS/c17-13-3-1-2-12(14(13)18)16-20(8-9-22-16)15(21)10-4-6-11(19)7-5-10/h1-7,16H,8-9H2. The van der Waals surface area contributed by atoms with Crippen LogP contribution in [0, 0.1) is 5.82 Å². The fourth-order valence-corrected chi connectivity index (χ4v) is 4.16. The minimum Gasteiger partial charge on any atom is -0.322 e. The van der Waals surface area contributed by atoms with Crippen molar-refractivity contribution in [1.29, 1.82) is 0 Å². The molecule has 0 spiro atoms. The van der Waals surface area contributed by atoms with Crippen molar-refractivity contribution in [2.75, 3.05) is 12.3 Å². The van der Waals surface area contributed by atoms with E-state index < -0.39 is 0 Å². The number of amides is 1. The van der Waals surface area contributed by atoms with E-state index in [0.717, 1.165) is 11.3 Å². The van der Waals surface area contributed by atoms with Crippen molar-refractivity contribution in [3.63, 3.8) is 0 Å². The zero-order valence-electron chi connectivity index (χ0n) is 11.4. The highest BCUT2D eigenvalue weighted by Gasteiger charge is 2.32. The normalized spacial score (nSPS) is 17.8. The van der Waals surface area contributed by atoms with Crippen LogP contribution in [-0.4, -0.2) is 23.1 Å². The lowest BCUT2D eigenvalue weighted by Crippen LogP contribution is -2.30. The van der Waals surface area contributed by atoms with Crippen molar-refractivity contribution >= 4 is 40.9 Å². The van der Waals surface area contributed by atoms with E-state index in [-0.39, 0.29) is 17.1 Å². The molecule has 1 fully saturated rings. The van der Waals surface area contributed by atoms with Crippen molar-refractivity contribution < 1.29 is 9.18 Å². The van der Waals surface area contributed by atoms with Gasteiger partial charge in [-0.2, -0.15) is 0 Å². The molecule has 22 heavy (non-hydrogen) atoms. The Morgan fingerprint density at radius 3 is 2.64 bits per heavy atom. The summed E-state index contributed by atoms with van der Waals surface area (Å²) in [4.78, 5) is 14.4. The maximum atomic E-state index is 13.0. The van der Waals surface area contributed by atoms with Crippen LogP contribution in [0.15, 0.2) is 42.5 Å². The summed E-state index contributed by atoms with van der Waals surface area (Å²) in [5.41, 5.74) is 1.29. The fourth-order valence-electron chi connectivity index (χ4n) is 2.41. The van der Waals surface area contributed by atoms with E-state index in [0.29, 0.717) is 22.2 Å². The van der Waals surface area contributed by atoms with Crippen molar-refractivity contribution in [3.05, 3.63) is 69.5 Å². The maximum Gasteiger partial charge on any atom is 0.255 e. The number of hydrogen-bond donors (Lipinski definition) is 0. The molecule has 0 aromatic heterocycles. The van der Waals surface area contributed by atoms with Gasteiger partial charge in [0.1, 0.15) is 11.2 Å². The van der Waals surface area contributed by atoms with Gasteiger partial charge in [0.2, 0.25) is 0 Å². The smallest absolute Gasteiger partial charge is 0.255 e. The largest absolute Gasteiger partial charge is 0.322 e. The van der Waals surface area contributed by atoms with Gasteiger partial charge in [-0.25, -0.2) is 4.39 Å². The highest BCUT2D eigenvalue weighted by molar-refractivity contribution is 7.99. The molecule has 0 aliphatic carbocycles. The summed E-state index contributed by atoms with van der Waals surface area (Å²) in [6, 6.07) is 11.0. The van der Waals surface area contributed by atoms with E-state index in [2.05, 4.69) is 0 Å². The lowest BCUT2D eigenvalue weighted by atomic mass is 10.1. The second-order valence-electron chi connectivity index (χ2n) is 4.87. The number of halogens is 3. The second kappa shape index (κ2) is 6.49. The van der Waals surface area contributed by atoms with Gasteiger partial charge in [0.05, 0.1) is 10.0 Å². The molecule has 1 atom stereocenters. The topological polar surface area (TPSA) is 20.3 Å². The summed E-state index contributed by atoms with van der Waals surface area (Å²) in [5.74, 6) is 0.327. The Hall–Kier alpha value is -1.23. The average Bonchev–Trinajstić information content (AvgIpc) is 2.99. The highest BCUT2D eigenvalue weighted by Crippen LogP contribution is 2.43. The minimum atomic E-state index is -0.359. The molecule has 1 saturated heterocycles. The summed E-state index contributed by atoms with van der Waals surface area (Å²) < 4.78 is 13.0. The number of thioether (sulfide) groups is 1. The van der Waals surface area contributed by atoms with Crippen LogP contribution >= 0.6 is 35.0 Å². The van der Waals surface area contributed by atoms with Crippen molar-refractivity contribution in [2.45, 2.75) is 5.37 Å². The molecule has 1 aliphatic heterocycles. The third-order valence-electron chi connectivity index (χ3n) is 3.49. The monoisotopic (exact) mass is 355 g/mol. The first kappa shape index (κ1) is 15.7. The number of hydrogen-bond acceptors (Lipinski definition) is 2. The average molecular weight is 356 g/mol. The van der Waals surface area contributed by atoms with Crippen LogP contribution < -0.4 is 0 Å². The summed E-state index contributed by atoms with van der Waals surface area (Å²) in [6.45, 7) is 0.619. The molecule has 2 aromatic carbocycles. The van der Waals surface area contributed by atoms with Gasteiger partial charge >= 0.3 is 0 Å². The van der Waals surface area contributed by atoms with E-state index in [9.17, 15) is 9.18 Å². The first-order valence-electron chi connectivity index (χ1n) is 6.70. The van der Waals surface area contributed by atoms with Crippen molar-refractivity contribution in [1.82, 2.24) is 4.90 Å². The lowest BCUT2D eigenvalue weighted by molar-refractivity contribution is 0.0760. The SMILES string of the molecule is O=C(c1ccc(F)cc1)N1CCSC1c1cccc(Cl)c1Cl. The number of carbonyl (C=O) groups is 1. The first-order valence-corrected chi connectivity index (χ1v) is 8.50. The first-order chi connectivity index (χ1) is 10.6. The Kier molecular flexibility index (Phi) is 4.62. The van der Waals surface area contributed by atoms with Gasteiger partial charge in [-0.15, -0.1) is 11.8 Å². The van der Waals surface area contributed by atoms with Crippen molar-refractivity contribution in [3.8, 4) is 0 Å². The predicted octanol–water partition coefficient (Wildman–Crippen LogP) is 5.02. The summed E-state index contributed by atoms with van der Waals surface area (Å²) in [5, 5.41) is 0.769. The molecule has 1 amide bonds. The van der Waals surface area contributed by atoms with Gasteiger partial charge in [-0.1, -0.05) is 35.3 Å². The van der Waals surface area contributed by atoms with Gasteiger partial charge in [-0.05, 0) is 30.3 Å². The zero-order chi connectivity index (χ0) is 15.7. The molecular weight excluding hydrogens is 344 g/mol. The second-order valence-corrected chi connectivity index (χ2v) is 6.84. The summed E-state index contributed by atoms with van der Waals surface area (Å²) in [6.07, 6.45) is 0. The number of rotatable bonds is 2. The van der Waals surface area contributed by atoms with E-state index in [1.807, 2.05) is 12.1 Å². The lowest BCUT2D eigenvalue weighted by Gasteiger charge is -2.25. The fraction of sp³-hybridized carbons (Fsp3) is 0.188. The van der Waals surface area contributed by atoms with E-state index >= 15 is 0 Å². The highest BCUT2D eigenvalue weighted by atomic mass is 35.5. The Morgan fingerprint density at radius 2 is 1.91 bits per heavy atom. The van der Waals surface area contributed by atoms with Gasteiger partial charge in [0, 0.05) is 23.4 Å². The molecule has 0 bridgehead atoms. The molecule has 2 nitrogen and oxygen atoms in total. The van der Waals surface area contributed by atoms with Gasteiger partial charge in [0.15, 0.2) is 0 Å². The third kappa shape index (κ3) is 2.96. The van der Waals surface area contributed by atoms with Crippen LogP contribution in [0.5, 0.6) is 0 Å². The number of nitrogens with zero attached hydrogens (tertiary/aromatic N) is 1. The molecule has 0 N–H and O–H groups in total. The Bertz CT molecular complexity index is 708. The van der Waals surface area contributed by atoms with Crippen LogP contribution in [-0.2, 0) is 0 Å². The van der Waals surface area contributed by atoms with E-state index in [1.54, 1.807) is 22.7 Å². The zero-order valence-corrected chi connectivity index (χ0v) is 13.8. The van der Waals surface area contributed by atoms with E-state index in [4.69, 9.17) is 23.2 Å². The molecule has 2 aromatic rings. The molecule has 0 radical (unpaired) electrons. The predicted molar refractivity (Wildman–Crippen MR) is 89.1 cm³/mol. The quantitative estimate of drug-likeness (QED) is 0.753. The van der Waals surface area contributed by atoms with Crippen LogP contribution in [0.3, 0.4) is 0 Å². The number of carbonyl (C=O) groups excluding carboxylic acids is 1. The summed E-state index contributed by atoms with van der Waals surface area (Å²) >= 11 is 14.0. The minimum absolute atomic E-state index is 0.133.